The molecule has 0 bridgehead atoms. The van der Waals surface area contributed by atoms with Crippen LogP contribution >= 0.6 is 0 Å². The van der Waals surface area contributed by atoms with E-state index in [2.05, 4.69) is 10.6 Å². The molecule has 2 N–H and O–H groups in total. The highest BCUT2D eigenvalue weighted by Gasteiger charge is 2.17. The molecule has 0 radical (unpaired) electrons. The van der Waals surface area contributed by atoms with Crippen molar-refractivity contribution in [3.8, 4) is 17.2 Å². The summed E-state index contributed by atoms with van der Waals surface area (Å²) < 4.78 is 21.1. The summed E-state index contributed by atoms with van der Waals surface area (Å²) in [5.41, 5.74) is 0.647. The number of hydrogen-bond acceptors (Lipinski definition) is 7. The van der Waals surface area contributed by atoms with E-state index in [1.807, 2.05) is 0 Å². The first kappa shape index (κ1) is 20.1. The van der Waals surface area contributed by atoms with Gasteiger partial charge in [-0.15, -0.1) is 0 Å². The van der Waals surface area contributed by atoms with Crippen molar-refractivity contribution in [3.63, 3.8) is 0 Å². The zero-order valence-corrected chi connectivity index (χ0v) is 15.2. The predicted molar refractivity (Wildman–Crippen MR) is 95.7 cm³/mol. The smallest absolute Gasteiger partial charge is 0.331 e. The maximum Gasteiger partial charge on any atom is 0.331 e. The molecule has 1 aromatic rings. The third-order valence-corrected chi connectivity index (χ3v) is 3.43. The van der Waals surface area contributed by atoms with Gasteiger partial charge in [0, 0.05) is 12.6 Å². The fourth-order valence-corrected chi connectivity index (χ4v) is 2.23. The number of carbonyl (C=O) groups excluding carboxylic acids is 3. The molecule has 2 rings (SSSR count). The minimum absolute atomic E-state index is 0.170. The third-order valence-electron chi connectivity index (χ3n) is 3.43. The van der Waals surface area contributed by atoms with Crippen LogP contribution in [0.5, 0.6) is 17.2 Å². The monoisotopic (exact) mass is 378 g/mol. The molecule has 146 valence electrons. The molecule has 9 heteroatoms. The molecular weight excluding hydrogens is 356 g/mol. The quantitative estimate of drug-likeness (QED) is 0.493. The summed E-state index contributed by atoms with van der Waals surface area (Å²) in [7, 11) is 1.51. The Bertz CT molecular complexity index is 713. The molecule has 1 aliphatic heterocycles. The van der Waals surface area contributed by atoms with Crippen LogP contribution in [-0.2, 0) is 19.1 Å². The van der Waals surface area contributed by atoms with Gasteiger partial charge in [-0.2, -0.15) is 0 Å². The highest BCUT2D eigenvalue weighted by Crippen LogP contribution is 2.40. The third kappa shape index (κ3) is 6.21. The Morgan fingerprint density at radius 3 is 2.67 bits per heavy atom. The Labute approximate surface area is 156 Å². The van der Waals surface area contributed by atoms with E-state index in [1.54, 1.807) is 19.1 Å². The molecule has 2 amide bonds. The van der Waals surface area contributed by atoms with Gasteiger partial charge in [-0.05, 0) is 30.7 Å². The second kappa shape index (κ2) is 10.0. The maximum atomic E-state index is 11.7. The highest BCUT2D eigenvalue weighted by molar-refractivity contribution is 5.90. The van der Waals surface area contributed by atoms with Crippen molar-refractivity contribution in [2.45, 2.75) is 6.92 Å². The SMILES string of the molecule is CCNC(=O)CNC(=O)COC(=O)/C=C/c1cc(OC)c2c(c1)OCCO2. The van der Waals surface area contributed by atoms with Crippen LogP contribution in [0.4, 0.5) is 0 Å². The number of hydrogen-bond donors (Lipinski definition) is 2. The van der Waals surface area contributed by atoms with Crippen molar-refractivity contribution in [1.29, 1.82) is 0 Å². The Balaban J connectivity index is 1.86. The van der Waals surface area contributed by atoms with Crippen molar-refractivity contribution in [2.75, 3.05) is 40.0 Å². The molecule has 0 fully saturated rings. The zero-order valence-electron chi connectivity index (χ0n) is 15.2. The predicted octanol–water partition coefficient (Wildman–Crippen LogP) is 0.275. The van der Waals surface area contributed by atoms with Crippen LogP contribution in [0.3, 0.4) is 0 Å². The molecule has 1 aromatic carbocycles. The summed E-state index contributed by atoms with van der Waals surface area (Å²) >= 11 is 0. The number of nitrogens with one attached hydrogen (secondary N) is 2. The van der Waals surface area contributed by atoms with Gasteiger partial charge in [-0.25, -0.2) is 4.79 Å². The Morgan fingerprint density at radius 2 is 1.93 bits per heavy atom. The van der Waals surface area contributed by atoms with Crippen LogP contribution in [0.15, 0.2) is 18.2 Å². The van der Waals surface area contributed by atoms with Crippen LogP contribution in [0.25, 0.3) is 6.08 Å². The van der Waals surface area contributed by atoms with Gasteiger partial charge in [-0.3, -0.25) is 9.59 Å². The molecule has 0 saturated heterocycles. The van der Waals surface area contributed by atoms with Gasteiger partial charge in [0.25, 0.3) is 5.91 Å². The van der Waals surface area contributed by atoms with Gasteiger partial charge >= 0.3 is 5.97 Å². The van der Waals surface area contributed by atoms with Crippen LogP contribution < -0.4 is 24.8 Å². The lowest BCUT2D eigenvalue weighted by Gasteiger charge is -2.20. The average Bonchev–Trinajstić information content (AvgIpc) is 2.68. The van der Waals surface area contributed by atoms with E-state index in [0.29, 0.717) is 42.6 Å². The van der Waals surface area contributed by atoms with Gasteiger partial charge in [0.05, 0.1) is 13.7 Å². The summed E-state index contributed by atoms with van der Waals surface area (Å²) in [4.78, 5) is 34.5. The molecule has 1 aliphatic rings. The number of fused-ring (bicyclic) bond motifs is 1. The topological polar surface area (TPSA) is 112 Å². The van der Waals surface area contributed by atoms with E-state index in [4.69, 9.17) is 18.9 Å². The van der Waals surface area contributed by atoms with Crippen LogP contribution in [0, 0.1) is 0 Å². The Morgan fingerprint density at radius 1 is 1.15 bits per heavy atom. The lowest BCUT2D eigenvalue weighted by molar-refractivity contribution is -0.143. The fraction of sp³-hybridized carbons (Fsp3) is 0.389. The molecule has 0 spiro atoms. The van der Waals surface area contributed by atoms with Crippen molar-refractivity contribution in [2.24, 2.45) is 0 Å². The number of ether oxygens (including phenoxy) is 4. The summed E-state index contributed by atoms with van der Waals surface area (Å²) in [6.07, 6.45) is 2.69. The Hall–Kier alpha value is -3.23. The van der Waals surface area contributed by atoms with E-state index < -0.39 is 18.5 Å². The molecule has 9 nitrogen and oxygen atoms in total. The van der Waals surface area contributed by atoms with E-state index in [0.717, 1.165) is 0 Å². The van der Waals surface area contributed by atoms with Gasteiger partial charge in [0.15, 0.2) is 18.1 Å². The van der Waals surface area contributed by atoms with E-state index >= 15 is 0 Å². The second-order valence-electron chi connectivity index (χ2n) is 5.42. The number of likely N-dealkylation sites (N-methyl/N-ethyl adjacent to an activating group) is 1. The molecule has 0 aliphatic carbocycles. The molecule has 0 aromatic heterocycles. The van der Waals surface area contributed by atoms with Gasteiger partial charge < -0.3 is 29.6 Å². The van der Waals surface area contributed by atoms with Gasteiger partial charge in [0.1, 0.15) is 13.2 Å². The van der Waals surface area contributed by atoms with E-state index in [1.165, 1.54) is 19.3 Å². The van der Waals surface area contributed by atoms with E-state index in [-0.39, 0.29) is 12.5 Å². The van der Waals surface area contributed by atoms with Gasteiger partial charge in [0.2, 0.25) is 11.7 Å². The van der Waals surface area contributed by atoms with Crippen molar-refractivity contribution in [1.82, 2.24) is 10.6 Å². The average molecular weight is 378 g/mol. The van der Waals surface area contributed by atoms with Crippen molar-refractivity contribution < 1.29 is 33.3 Å². The van der Waals surface area contributed by atoms with Crippen LogP contribution in [0.2, 0.25) is 0 Å². The lowest BCUT2D eigenvalue weighted by Crippen LogP contribution is -2.38. The minimum Gasteiger partial charge on any atom is -0.493 e. The van der Waals surface area contributed by atoms with Crippen molar-refractivity contribution in [3.05, 3.63) is 23.8 Å². The molecule has 1 heterocycles. The number of methoxy groups -OCH3 is 1. The van der Waals surface area contributed by atoms with Crippen LogP contribution in [0.1, 0.15) is 12.5 Å². The number of rotatable bonds is 8. The van der Waals surface area contributed by atoms with E-state index in [9.17, 15) is 14.4 Å². The van der Waals surface area contributed by atoms with Gasteiger partial charge in [-0.1, -0.05) is 0 Å². The zero-order chi connectivity index (χ0) is 19.6. The summed E-state index contributed by atoms with van der Waals surface area (Å²) in [5.74, 6) is -0.0406. The molecule has 0 saturated carbocycles. The fourth-order valence-electron chi connectivity index (χ4n) is 2.23. The summed E-state index contributed by atoms with van der Waals surface area (Å²) in [6, 6.07) is 3.40. The molecule has 0 unspecified atom stereocenters. The molecular formula is C18H22N2O7. The molecule has 0 atom stereocenters. The number of amides is 2. The summed E-state index contributed by atoms with van der Waals surface area (Å²) in [5, 5.41) is 4.88. The first-order valence-electron chi connectivity index (χ1n) is 8.39. The minimum atomic E-state index is -0.697. The number of carbonyl (C=O) groups is 3. The second-order valence-corrected chi connectivity index (χ2v) is 5.42. The number of esters is 1. The standard InChI is InChI=1S/C18H22N2O7/c1-3-19-15(21)10-20-16(22)11-27-17(23)5-4-12-8-13(24-2)18-14(9-12)25-6-7-26-18/h4-5,8-9H,3,6-7,10-11H2,1-2H3,(H,19,21)(H,20,22)/b5-4+. The maximum absolute atomic E-state index is 11.7. The highest BCUT2D eigenvalue weighted by atomic mass is 16.6. The largest absolute Gasteiger partial charge is 0.493 e. The summed E-state index contributed by atoms with van der Waals surface area (Å²) in [6.45, 7) is 2.46. The molecule has 27 heavy (non-hydrogen) atoms. The normalized spacial score (nSPS) is 12.4. The first-order valence-corrected chi connectivity index (χ1v) is 8.39. The van der Waals surface area contributed by atoms with Crippen LogP contribution in [-0.4, -0.2) is 57.8 Å². The lowest BCUT2D eigenvalue weighted by atomic mass is 10.1. The first-order chi connectivity index (χ1) is 13.0. The number of benzene rings is 1. The van der Waals surface area contributed by atoms with Crippen molar-refractivity contribution >= 4 is 23.9 Å². The Kier molecular flexibility index (Phi) is 7.48.